The van der Waals surface area contributed by atoms with Crippen molar-refractivity contribution in [1.82, 2.24) is 42.5 Å². The summed E-state index contributed by atoms with van der Waals surface area (Å²) in [5.74, 6) is -18.1. The van der Waals surface area contributed by atoms with Crippen LogP contribution in [0.15, 0.2) is 115 Å². The van der Waals surface area contributed by atoms with E-state index < -0.39 is 260 Å². The average molecular weight is 1790 g/mol. The number of phenolic OH excluding ortho intramolecular Hbond substituents is 3. The molecule has 11 bridgehead atoms. The number of carbonyl (C=O) groups excluding carboxylic acids is 8. The van der Waals surface area contributed by atoms with Crippen LogP contribution in [0.4, 0.5) is 11.4 Å². The molecule has 7 aliphatic rings. The zero-order valence-corrected chi connectivity index (χ0v) is 70.4. The van der Waals surface area contributed by atoms with Gasteiger partial charge in [0.05, 0.1) is 52.4 Å². The highest BCUT2D eigenvalue weighted by Gasteiger charge is 2.50. The van der Waals surface area contributed by atoms with Crippen LogP contribution in [0.3, 0.4) is 0 Å². The lowest BCUT2D eigenvalue weighted by atomic mass is 9.81. The Balaban J connectivity index is 1.03. The third-order valence-electron chi connectivity index (χ3n) is 22.6. The van der Waals surface area contributed by atoms with Gasteiger partial charge in [-0.1, -0.05) is 86.8 Å². The number of nitro groups is 1. The van der Waals surface area contributed by atoms with Crippen molar-refractivity contribution in [2.24, 2.45) is 17.6 Å². The minimum atomic E-state index is -2.37. The van der Waals surface area contributed by atoms with Gasteiger partial charge < -0.3 is 133 Å². The van der Waals surface area contributed by atoms with E-state index in [9.17, 15) is 80.4 Å². The van der Waals surface area contributed by atoms with E-state index in [1.54, 1.807) is 32.0 Å². The number of likely N-dealkylation sites (N-methyl/N-ethyl adjacent to an activating group) is 1. The summed E-state index contributed by atoms with van der Waals surface area (Å²) in [6, 6.07) is 8.63. The number of ether oxygens (including phenoxy) is 6. The first-order chi connectivity index (χ1) is 59.8. The van der Waals surface area contributed by atoms with Gasteiger partial charge in [0.15, 0.2) is 23.8 Å². The molecule has 40 heteroatoms. The molecule has 0 aromatic heterocycles. The number of nitro benzene ring substituents is 1. The van der Waals surface area contributed by atoms with Crippen LogP contribution < -0.4 is 72.5 Å². The number of benzene rings is 7. The second kappa shape index (κ2) is 39.2. The Hall–Kier alpha value is -12.1. The zero-order chi connectivity index (χ0) is 91.4. The van der Waals surface area contributed by atoms with Crippen molar-refractivity contribution in [3.05, 3.63) is 180 Å². The van der Waals surface area contributed by atoms with Crippen LogP contribution in [-0.2, 0) is 54.4 Å². The third kappa shape index (κ3) is 20.4. The number of hydrogen-bond donors (Lipinski definition) is 20. The van der Waals surface area contributed by atoms with Crippen LogP contribution >= 0.6 is 23.2 Å². The number of aliphatic hydroxyl groups excluding tert-OH is 6. The van der Waals surface area contributed by atoms with Gasteiger partial charge in [0.1, 0.15) is 95.0 Å². The van der Waals surface area contributed by atoms with Crippen molar-refractivity contribution in [2.75, 3.05) is 25.6 Å². The van der Waals surface area contributed by atoms with Gasteiger partial charge in [-0.15, -0.1) is 0 Å². The molecule has 7 aromatic carbocycles. The Bertz CT molecular complexity index is 5370. The van der Waals surface area contributed by atoms with Gasteiger partial charge in [-0.25, -0.2) is 4.79 Å². The van der Waals surface area contributed by atoms with E-state index in [0.29, 0.717) is 17.5 Å². The molecule has 2 fully saturated rings. The topological polar surface area (TPSA) is 589 Å². The highest BCUT2D eigenvalue weighted by molar-refractivity contribution is 6.32. The predicted molar refractivity (Wildman–Crippen MR) is 448 cm³/mol. The lowest BCUT2D eigenvalue weighted by Crippen LogP contribution is -2.63. The van der Waals surface area contributed by atoms with Gasteiger partial charge in [0.25, 0.3) is 5.91 Å². The quantitative estimate of drug-likeness (QED) is 0.0221. The molecule has 21 N–H and O–H groups in total. The molecule has 38 nitrogen and oxygen atoms in total. The van der Waals surface area contributed by atoms with Crippen molar-refractivity contribution in [2.45, 2.75) is 190 Å². The number of anilines is 1. The van der Waals surface area contributed by atoms with Gasteiger partial charge >= 0.3 is 11.7 Å². The number of phenols is 3. The molecule has 126 heavy (non-hydrogen) atoms. The molecule has 6 heterocycles. The van der Waals surface area contributed by atoms with Crippen LogP contribution in [-0.4, -0.2) is 202 Å². The minimum absolute atomic E-state index is 0.0575. The molecule has 7 aromatic rings. The van der Waals surface area contributed by atoms with Crippen LogP contribution in [0.1, 0.15) is 153 Å². The van der Waals surface area contributed by atoms with E-state index in [4.69, 9.17) is 57.4 Å². The van der Waals surface area contributed by atoms with Crippen molar-refractivity contribution < 1.29 is 128 Å². The summed E-state index contributed by atoms with van der Waals surface area (Å²) < 4.78 is 39.2. The number of aliphatic hydroxyl groups is 6. The lowest BCUT2D eigenvalue weighted by Gasteiger charge is -2.47. The number of fused-ring (bicyclic) bond motifs is 15. The second-order valence-corrected chi connectivity index (χ2v) is 33.0. The normalized spacial score (nSPS) is 25.8. The number of rotatable bonds is 23. The molecule has 6 aliphatic heterocycles. The molecule has 17 unspecified atom stereocenters. The molecule has 1 saturated carbocycles. The summed E-state index contributed by atoms with van der Waals surface area (Å²) in [5, 5.41) is 151. The first-order valence-corrected chi connectivity index (χ1v) is 41.1. The van der Waals surface area contributed by atoms with Gasteiger partial charge in [0.2, 0.25) is 52.8 Å². The number of carboxylic acids is 1. The smallest absolute Gasteiger partial charge is 0.330 e. The van der Waals surface area contributed by atoms with E-state index in [1.807, 2.05) is 20.8 Å². The van der Waals surface area contributed by atoms with Crippen LogP contribution in [0.5, 0.6) is 51.7 Å². The number of hydrogen-bond acceptors (Lipinski definition) is 28. The summed E-state index contributed by atoms with van der Waals surface area (Å²) in [4.78, 5) is 147. The Labute approximate surface area is 729 Å². The molecule has 0 radical (unpaired) electrons. The Morgan fingerprint density at radius 1 is 0.738 bits per heavy atom. The summed E-state index contributed by atoms with van der Waals surface area (Å²) in [7, 11) is 1.47. The van der Waals surface area contributed by atoms with Crippen LogP contribution in [0.2, 0.25) is 10.0 Å². The molecule has 18 atom stereocenters. The maximum Gasteiger partial charge on any atom is 0.330 e. The number of aromatic hydroxyl groups is 3. The highest BCUT2D eigenvalue weighted by atomic mass is 35.5. The van der Waals surface area contributed by atoms with Crippen molar-refractivity contribution >= 4 is 87.8 Å². The number of primary amides is 1. The molecule has 0 spiro atoms. The maximum atomic E-state index is 16.4. The molecular formula is C86H97Cl2N11O27. The fourth-order valence-electron chi connectivity index (χ4n) is 15.9. The number of carboxylic acid groups (broad SMARTS) is 1. The fraction of sp³-hybridized carbons (Fsp3) is 0.407. The number of nitrogens with two attached hydrogens (primary N) is 1. The predicted octanol–water partition coefficient (Wildman–Crippen LogP) is 5.25. The summed E-state index contributed by atoms with van der Waals surface area (Å²) >= 11 is 14.5. The largest absolute Gasteiger partial charge is 0.508 e. The number of nitrogens with one attached hydrogen (secondary N) is 9. The van der Waals surface area contributed by atoms with Crippen molar-refractivity contribution in [1.29, 1.82) is 0 Å². The molecule has 1 aliphatic carbocycles. The Morgan fingerprint density at radius 3 is 2.04 bits per heavy atom. The van der Waals surface area contributed by atoms with Gasteiger partial charge in [0, 0.05) is 59.5 Å². The van der Waals surface area contributed by atoms with Crippen molar-refractivity contribution in [3.63, 3.8) is 0 Å². The number of amides is 8. The number of nitrogens with zero attached hydrogens (tertiary/aromatic N) is 1. The van der Waals surface area contributed by atoms with E-state index >= 15 is 24.0 Å². The van der Waals surface area contributed by atoms with Crippen molar-refractivity contribution in [3.8, 4) is 62.9 Å². The summed E-state index contributed by atoms with van der Waals surface area (Å²) in [6.45, 7) is 9.53. The number of carbonyl (C=O) groups is 9. The molecule has 672 valence electrons. The summed E-state index contributed by atoms with van der Waals surface area (Å²) in [5.41, 5.74) is 1.74. The monoisotopic (exact) mass is 1790 g/mol. The van der Waals surface area contributed by atoms with Gasteiger partial charge in [-0.05, 0) is 159 Å². The molecule has 14 rings (SSSR count). The SMILES string of the molecule is CCCCOc1c(C)ccc(C(=O)Nc2cccc(CNC3(C)CC(OC4c5ccc(c(Cl)c5)Oc5cc6cc(c5OC5CC(CO)C(O)C(O)C5O)Oc5ccc(cc5Cl)C(O)C(NC(=O)C(CC(C)C)NC)C(=O)NC(CC(N)=O)C(=O)NC6C(=O)NC5C(=O)NC4C(=O)N[C@@H](C(=O)O)c4cc(O)cc(O)c4-c4cc5ccc4O)OC(C)C3O)c2)c1[N+](=O)[O-]. The van der Waals surface area contributed by atoms with Crippen LogP contribution in [0, 0.1) is 28.9 Å². The molecule has 1 saturated heterocycles. The van der Waals surface area contributed by atoms with E-state index in [0.717, 1.165) is 55.0 Å². The number of unbranched alkanes of at least 4 members (excludes halogenated alkanes) is 1. The minimum Gasteiger partial charge on any atom is -0.508 e. The molecule has 8 amide bonds. The average Bonchev–Trinajstić information content (AvgIpc) is 0.766. The first kappa shape index (κ1) is 93.1. The highest BCUT2D eigenvalue weighted by Crippen LogP contribution is 2.51. The maximum absolute atomic E-state index is 16.4. The van der Waals surface area contributed by atoms with Gasteiger partial charge in [-0.2, -0.15) is 0 Å². The summed E-state index contributed by atoms with van der Waals surface area (Å²) in [6.07, 6.45) is -16.1. The van der Waals surface area contributed by atoms with E-state index in [2.05, 4.69) is 47.9 Å². The number of halogens is 2. The lowest BCUT2D eigenvalue weighted by molar-refractivity contribution is -0.386. The third-order valence-corrected chi connectivity index (χ3v) is 23.2. The fourth-order valence-corrected chi connectivity index (χ4v) is 16.3. The first-order valence-electron chi connectivity index (χ1n) is 40.4. The van der Waals surface area contributed by atoms with E-state index in [-0.39, 0.29) is 76.4 Å². The second-order valence-electron chi connectivity index (χ2n) is 32.2. The van der Waals surface area contributed by atoms with Gasteiger partial charge in [-0.3, -0.25) is 48.5 Å². The number of aliphatic carboxylic acids is 1. The van der Waals surface area contributed by atoms with Crippen LogP contribution in [0.25, 0.3) is 11.1 Å². The number of aryl methyl sites for hydroxylation is 1. The Kier molecular flexibility index (Phi) is 29.0. The Morgan fingerprint density at radius 2 is 1.40 bits per heavy atom. The zero-order valence-electron chi connectivity index (χ0n) is 68.9. The van der Waals surface area contributed by atoms with E-state index in [1.165, 1.54) is 62.5 Å². The standard InChI is InChI=1S/C86H97Cl2N11O27/c1-8-9-21-121-74-37(4)13-17-47(69(74)99(119)120)78(110)92-45-12-10-11-39(23-45)34-91-86(6)33-62(122-38(5)77(86)109)126-75-42-16-20-57(51(88)26-42)124-60-28-43-27-59(76(60)125-58-29-44(35-100)71(106)73(108)72(58)107)123-56-19-15-41(25-50(56)87)70(105)67(97-79(111)52(90-7)22-36(2)3)83(115)93-53(32-61(89)104)80(112)94-65(43)82(114)95-64-40-14-18-54(102)48(24-40)63-49(30-46(101)31-55(63)103)66(85(117)118)96-84(116)68(75)98-81(64)113/h10-20,23-28,30-31,36,38,44,52-53,58,62,64-68,70-73,75,77,90-91,100-103,105-109H,8-9,21-22,29,32-35H2,1-7H3,(H2,89,104)(H,92,110)(H,93,115)(H,94,112)(H,95,114)(H,96,116)(H,97,111)(H,98,113)(H,117,118)/t38?,44?,52?,53?,58?,62?,64?,65?,66-,67?,68?,70?,71?,72?,73?,75?,77?,86?/m1/s1. The molecular weight excluding hydrogens is 1690 g/mol.